The van der Waals surface area contributed by atoms with Crippen LogP contribution in [0.4, 0.5) is 17.5 Å². The van der Waals surface area contributed by atoms with E-state index in [0.29, 0.717) is 15.5 Å². The van der Waals surface area contributed by atoms with Crippen LogP contribution in [0.1, 0.15) is 108 Å². The predicted octanol–water partition coefficient (Wildman–Crippen LogP) is 5.58. The first-order valence-electron chi connectivity index (χ1n) is 39.1. The van der Waals surface area contributed by atoms with Gasteiger partial charge in [0.1, 0.15) is 65.6 Å². The SMILES string of the molecule is [2H]c1nc(N(C)[C@@H]2[C@H](C)C([2H])([2H])C([2H])([2H])N(C(=O)C([2H])([2H])[N+]#[C-])C2([2H])[2H])c2c([2H])c(C)[nH]c2n1.[2H]c1nc(N(C)[C@@]2([2H])C([2H])([2H])N(C(=O)C([2H])([2H])[N+]#[C-])C([2H])([2H])C([2H])([2H])[C@@]2([2H])C([2H])([2H])[2H])c2c([2H])c(C)[nH]c2n1.[2H]c1nc(N(C)[C@@]2([2H])C([2H])([2H])N(C(=O)C([2H])([2H])[N+]#[C-])C([2H])([2H])C([2H])([2H])[C@@]2([2H])C)c2c([2H])c(C)[nH]c2n1. The van der Waals surface area contributed by atoms with E-state index in [2.05, 4.69) is 59.4 Å². The summed E-state index contributed by atoms with van der Waals surface area (Å²) in [5.74, 6) is -16.1. The number of hydrogen-bond acceptors (Lipinski definition) is 12. The molecule has 6 atom stereocenters. The topological polar surface area (TPSA) is 208 Å². The molecule has 3 saturated heterocycles. The Hall–Kier alpha value is -7.86. The molecule has 0 spiro atoms. The molecule has 0 saturated carbocycles. The molecule has 0 radical (unpaired) electrons. The highest BCUT2D eigenvalue weighted by Gasteiger charge is 2.36. The smallest absolute Gasteiger partial charge is 0.302 e. The van der Waals surface area contributed by atoms with Crippen LogP contribution in [0.2, 0.25) is 0 Å². The first kappa shape index (κ1) is 22.3. The Morgan fingerprint density at radius 2 is 1.00 bits per heavy atom. The number of aryl methyl sites for hydroxylation is 3. The first-order chi connectivity index (χ1) is 48.7. The molecule has 3 amide bonds. The van der Waals surface area contributed by atoms with Crippen molar-refractivity contribution < 1.29 is 65.1 Å². The van der Waals surface area contributed by atoms with E-state index in [1.54, 1.807) is 6.92 Å². The van der Waals surface area contributed by atoms with Crippen LogP contribution in [0.25, 0.3) is 47.6 Å². The van der Waals surface area contributed by atoms with Gasteiger partial charge in [-0.25, -0.2) is 49.6 Å². The summed E-state index contributed by atoms with van der Waals surface area (Å²) in [6.07, 6.45) is -12.5. The van der Waals surface area contributed by atoms with Crippen LogP contribution in [-0.4, -0.2) is 175 Å². The van der Waals surface area contributed by atoms with Gasteiger partial charge < -0.3 is 58.9 Å². The van der Waals surface area contributed by atoms with Gasteiger partial charge in [-0.05, 0) is 75.7 Å². The number of H-pyrrole nitrogens is 3. The predicted molar refractivity (Wildman–Crippen MR) is 278 cm³/mol. The molecule has 21 heteroatoms. The van der Waals surface area contributed by atoms with Gasteiger partial charge in [-0.15, -0.1) is 0 Å². The molecule has 0 unspecified atom stereocenters. The number of likely N-dealkylation sites (N-methyl/N-ethyl adjacent to an activating group) is 3. The Labute approximate surface area is 472 Å². The number of carbonyl (C=O) groups excluding carboxylic acids is 3. The fourth-order valence-corrected chi connectivity index (χ4v) is 6.81. The van der Waals surface area contributed by atoms with E-state index in [1.807, 2.05) is 0 Å². The molecule has 3 aliphatic heterocycles. The van der Waals surface area contributed by atoms with Gasteiger partial charge in [0, 0.05) is 101 Å². The Kier molecular flexibility index (Phi) is 7.09. The second kappa shape index (κ2) is 22.9. The summed E-state index contributed by atoms with van der Waals surface area (Å²) in [4.78, 5) is 78.5. The summed E-state index contributed by atoms with van der Waals surface area (Å²) in [5.41, 5.74) is 0.711. The van der Waals surface area contributed by atoms with E-state index in [9.17, 15) is 17.1 Å². The fourth-order valence-electron chi connectivity index (χ4n) is 6.81. The van der Waals surface area contributed by atoms with Gasteiger partial charge in [0.15, 0.2) is 0 Å². The number of nitrogens with zero attached hydrogens (tertiary/aromatic N) is 15. The van der Waals surface area contributed by atoms with Gasteiger partial charge in [-0.2, -0.15) is 0 Å². The number of fused-ring (bicyclic) bond motifs is 3. The summed E-state index contributed by atoms with van der Waals surface area (Å²) in [7, 11) is 3.08. The lowest BCUT2D eigenvalue weighted by molar-refractivity contribution is -0.131. The third kappa shape index (κ3) is 11.5. The van der Waals surface area contributed by atoms with Crippen LogP contribution in [0.15, 0.2) is 37.0 Å². The highest BCUT2D eigenvalue weighted by molar-refractivity contribution is 5.90. The highest BCUT2D eigenvalue weighted by Crippen LogP contribution is 2.32. The van der Waals surface area contributed by atoms with Crippen molar-refractivity contribution >= 4 is 68.3 Å². The zero-order valence-electron chi connectivity index (χ0n) is 76.1. The van der Waals surface area contributed by atoms with Crippen molar-refractivity contribution in [1.82, 2.24) is 59.6 Å². The molecule has 3 fully saturated rings. The molecule has 3 aliphatic rings. The average Bonchev–Trinajstić information content (AvgIpc) is 0.697. The number of carbonyl (C=O) groups is 3. The number of nitrogens with one attached hydrogen (secondary N) is 3. The van der Waals surface area contributed by atoms with E-state index in [-0.39, 0.29) is 73.3 Å². The Bertz CT molecular complexity index is 4850. The van der Waals surface area contributed by atoms with Crippen molar-refractivity contribution in [1.29, 1.82) is 0 Å². The van der Waals surface area contributed by atoms with E-state index in [0.717, 1.165) is 25.9 Å². The summed E-state index contributed by atoms with van der Waals surface area (Å²) in [6, 6.07) is -9.44. The molecule has 6 aromatic heterocycles. The molecule has 0 aromatic carbocycles. The van der Waals surface area contributed by atoms with Crippen molar-refractivity contribution in [3.05, 3.63) is 88.4 Å². The van der Waals surface area contributed by atoms with E-state index in [4.69, 9.17) is 67.7 Å². The quantitative estimate of drug-likeness (QED) is 0.152. The molecule has 21 nitrogen and oxygen atoms in total. The lowest BCUT2D eigenvalue weighted by atomic mass is 9.92. The van der Waals surface area contributed by atoms with E-state index >= 15 is 0 Å². The van der Waals surface area contributed by atoms with Gasteiger partial charge >= 0.3 is 17.7 Å². The van der Waals surface area contributed by atoms with Gasteiger partial charge in [-0.3, -0.25) is 14.4 Å². The summed E-state index contributed by atoms with van der Waals surface area (Å²) >= 11 is 0. The Morgan fingerprint density at radius 3 is 1.40 bits per heavy atom. The third-order valence-electron chi connectivity index (χ3n) is 10.1. The maximum atomic E-state index is 13.1. The second-order valence-electron chi connectivity index (χ2n) is 15.1. The van der Waals surface area contributed by atoms with Crippen LogP contribution in [-0.2, 0) is 14.4 Å². The lowest BCUT2D eigenvalue weighted by Gasteiger charge is -2.41. The average molecular weight is 1020 g/mol. The van der Waals surface area contributed by atoms with Gasteiger partial charge in [0.25, 0.3) is 19.5 Å². The fraction of sp³-hybridized carbons (Fsp3) is 0.529. The molecule has 378 valence electrons. The minimum atomic E-state index is -4.14. The molecular formula is C51H66N18O3. The Balaban J connectivity index is 0.000000228. The maximum absolute atomic E-state index is 13.1. The number of piperidine rings is 3. The molecular weight excluding hydrogens is 913 g/mol. The van der Waals surface area contributed by atoms with Crippen LogP contribution in [0, 0.1) is 58.2 Å². The zero-order chi connectivity index (χ0) is 84.7. The standard InChI is InChI=1S/3C17H22N6O/c3*1-11-5-6-23(15(24)8-18-3)9-14(11)22(4)17-13-7-12(2)21-16(13)19-10-20-17/h3*7,10-11,14H,5-6,8-9H2,1-2,4H3,(H,19,20,21)/t3*11-,14+/m111/s1/i1D3,5D2,6D2,7D,8D2,9D2,10D,11D,14D;5D2,6D2,7D,8D2,9D2,10D,11D,14D;5D2,6D2,7D,8D2,9D2,10D. The van der Waals surface area contributed by atoms with Gasteiger partial charge in [-0.1, -0.05) is 20.7 Å². The summed E-state index contributed by atoms with van der Waals surface area (Å²) < 4.78 is 307. The number of aromatic amines is 3. The minimum Gasteiger partial charge on any atom is -0.354 e. The molecule has 0 aliphatic carbocycles. The van der Waals surface area contributed by atoms with Gasteiger partial charge in [0.2, 0.25) is 0 Å². The highest BCUT2D eigenvalue weighted by atomic mass is 16.2. The third-order valence-corrected chi connectivity index (χ3v) is 10.1. The second-order valence-corrected chi connectivity index (χ2v) is 15.1. The monoisotopic (exact) mass is 1020 g/mol. The normalized spacial score (nSPS) is 39.5. The number of hydrogen-bond donors (Lipinski definition) is 3. The van der Waals surface area contributed by atoms with Crippen molar-refractivity contribution in [2.45, 2.75) is 78.7 Å². The van der Waals surface area contributed by atoms with E-state index < -0.39 is 178 Å². The molecule has 0 bridgehead atoms. The van der Waals surface area contributed by atoms with Crippen LogP contribution >= 0.6 is 0 Å². The molecule has 9 heterocycles. The number of anilines is 3. The largest absolute Gasteiger partial charge is 0.354 e. The van der Waals surface area contributed by atoms with Crippen LogP contribution in [0.5, 0.6) is 0 Å². The molecule has 9 rings (SSSR count). The summed E-state index contributed by atoms with van der Waals surface area (Å²) in [5, 5.41) is -0.278. The number of amides is 3. The lowest BCUT2D eigenvalue weighted by Crippen LogP contribution is -2.53. The van der Waals surface area contributed by atoms with Crippen molar-refractivity contribution in [2.24, 2.45) is 17.7 Å². The number of likely N-dealkylation sites (tertiary alicyclic amines) is 3. The number of aromatic nitrogens is 9. The van der Waals surface area contributed by atoms with Crippen molar-refractivity contribution in [3.8, 4) is 0 Å². The zero-order valence-corrected chi connectivity index (χ0v) is 39.1. The first-order valence-corrected chi connectivity index (χ1v) is 20.6. The minimum absolute atomic E-state index is 0.0402. The maximum Gasteiger partial charge on any atom is 0.302 e. The van der Waals surface area contributed by atoms with E-state index in [1.165, 1.54) is 27.8 Å². The van der Waals surface area contributed by atoms with Crippen LogP contribution < -0.4 is 14.7 Å². The van der Waals surface area contributed by atoms with Crippen molar-refractivity contribution in [2.75, 3.05) is 94.3 Å². The molecule has 6 aromatic rings. The number of rotatable bonds is 9. The molecule has 3 N–H and O–H groups in total. The molecule has 72 heavy (non-hydrogen) atoms. The summed E-state index contributed by atoms with van der Waals surface area (Å²) in [6.45, 7) is -9.07. The van der Waals surface area contributed by atoms with Gasteiger partial charge in [0.05, 0.1) is 49.3 Å². The van der Waals surface area contributed by atoms with Crippen molar-refractivity contribution in [3.63, 3.8) is 0 Å². The Morgan fingerprint density at radius 1 is 0.639 bits per heavy atom. The van der Waals surface area contributed by atoms with Crippen LogP contribution in [0.3, 0.4) is 0 Å².